The molecule has 0 radical (unpaired) electrons. The minimum absolute atomic E-state index is 0.112. The van der Waals surface area contributed by atoms with Crippen molar-refractivity contribution in [1.29, 1.82) is 0 Å². The van der Waals surface area contributed by atoms with E-state index in [-0.39, 0.29) is 6.04 Å². The number of aromatic nitrogens is 1. The Morgan fingerprint density at radius 2 is 1.10 bits per heavy atom. The summed E-state index contributed by atoms with van der Waals surface area (Å²) in [4.78, 5) is 5.40. The molecule has 13 rings (SSSR count). The Labute approximate surface area is 341 Å². The van der Waals surface area contributed by atoms with Gasteiger partial charge in [-0.25, -0.2) is 4.99 Å². The van der Waals surface area contributed by atoms with E-state index < -0.39 is 5.41 Å². The van der Waals surface area contributed by atoms with E-state index in [0.717, 1.165) is 56.3 Å². The van der Waals surface area contributed by atoms with Crippen LogP contribution in [-0.2, 0) is 5.41 Å². The first-order chi connectivity index (χ1) is 29.3. The zero-order valence-electron chi connectivity index (χ0n) is 31.9. The average molecular weight is 754 g/mol. The van der Waals surface area contributed by atoms with E-state index in [1.807, 2.05) is 0 Å². The predicted molar refractivity (Wildman–Crippen MR) is 241 cm³/mol. The molecule has 0 saturated carbocycles. The second kappa shape index (κ2) is 12.2. The Kier molecular flexibility index (Phi) is 6.68. The number of nitrogens with zero attached hydrogens (tertiary/aromatic N) is 2. The van der Waals surface area contributed by atoms with Gasteiger partial charge in [0, 0.05) is 32.8 Å². The Hall–Kier alpha value is -7.69. The number of nitrogens with one attached hydrogen (secondary N) is 1. The molecule has 1 spiro atoms. The number of ether oxygens (including phenoxy) is 1. The third-order valence-corrected chi connectivity index (χ3v) is 12.9. The molecule has 2 aliphatic heterocycles. The largest absolute Gasteiger partial charge is 0.457 e. The molecule has 0 fully saturated rings. The third-order valence-electron chi connectivity index (χ3n) is 12.9. The van der Waals surface area contributed by atoms with Crippen LogP contribution < -0.4 is 10.1 Å². The SMILES string of the molecule is c1ccc(C2Nc3ccccc3N=C2c2ccc(-n3c4ccccc4c4cc5c(cc43)C3(c4ccccc4Oc4ccccc43)c3ccccc3-5)c3ccccc23)cc1. The lowest BCUT2D eigenvalue weighted by molar-refractivity contribution is 0.436. The maximum atomic E-state index is 6.67. The fraction of sp³-hybridized carbons (Fsp3) is 0.0364. The molecule has 276 valence electrons. The summed E-state index contributed by atoms with van der Waals surface area (Å²) >= 11 is 0. The maximum absolute atomic E-state index is 6.67. The molecule has 0 amide bonds. The Morgan fingerprint density at radius 1 is 0.458 bits per heavy atom. The molecule has 9 aromatic carbocycles. The number of rotatable bonds is 3. The molecule has 0 saturated heterocycles. The molecule has 1 aliphatic carbocycles. The van der Waals surface area contributed by atoms with Crippen LogP contribution in [0.15, 0.2) is 205 Å². The Morgan fingerprint density at radius 3 is 1.92 bits per heavy atom. The summed E-state index contributed by atoms with van der Waals surface area (Å²) in [5, 5.41) is 8.63. The summed E-state index contributed by atoms with van der Waals surface area (Å²) in [5.74, 6) is 1.79. The average Bonchev–Trinajstić information content (AvgIpc) is 3.77. The summed E-state index contributed by atoms with van der Waals surface area (Å²) in [5.41, 5.74) is 15.6. The first kappa shape index (κ1) is 32.4. The molecule has 10 aromatic rings. The maximum Gasteiger partial charge on any atom is 0.132 e. The van der Waals surface area contributed by atoms with Crippen molar-refractivity contribution in [1.82, 2.24) is 4.57 Å². The molecule has 3 heterocycles. The van der Waals surface area contributed by atoms with E-state index in [4.69, 9.17) is 9.73 Å². The number of fused-ring (bicyclic) bond motifs is 14. The minimum Gasteiger partial charge on any atom is -0.457 e. The Bertz CT molecular complexity index is 3370. The molecular formula is C55H35N3O. The molecule has 4 nitrogen and oxygen atoms in total. The summed E-state index contributed by atoms with van der Waals surface area (Å²) in [7, 11) is 0. The van der Waals surface area contributed by atoms with Crippen LogP contribution in [0.3, 0.4) is 0 Å². The molecule has 1 unspecified atom stereocenters. The highest BCUT2D eigenvalue weighted by Crippen LogP contribution is 2.62. The summed E-state index contributed by atoms with van der Waals surface area (Å²) in [6.45, 7) is 0. The van der Waals surface area contributed by atoms with Gasteiger partial charge in [-0.2, -0.15) is 0 Å². The van der Waals surface area contributed by atoms with E-state index in [0.29, 0.717) is 0 Å². The third kappa shape index (κ3) is 4.40. The van der Waals surface area contributed by atoms with Gasteiger partial charge in [0.1, 0.15) is 11.5 Å². The second-order valence-corrected chi connectivity index (χ2v) is 15.8. The van der Waals surface area contributed by atoms with Crippen molar-refractivity contribution in [3.63, 3.8) is 0 Å². The highest BCUT2D eigenvalue weighted by Gasteiger charge is 2.51. The van der Waals surface area contributed by atoms with Crippen LogP contribution in [0.4, 0.5) is 11.4 Å². The highest BCUT2D eigenvalue weighted by atomic mass is 16.5. The van der Waals surface area contributed by atoms with E-state index in [2.05, 4.69) is 210 Å². The standard InChI is InChI=1S/C55H35N3O/c1-2-16-34(17-3-1)53-54(57-47-26-12-11-25-46(47)56-53)39-30-31-49(37-20-5-4-18-35(37)39)58-48-27-13-7-21-38(48)41-32-40-36-19-6-8-22-42(36)55(45(40)33-50(41)58)43-23-9-14-28-51(43)59-52-29-15-10-24-44(52)55/h1-33,53,56H. The van der Waals surface area contributed by atoms with Crippen LogP contribution in [0.5, 0.6) is 11.5 Å². The van der Waals surface area contributed by atoms with E-state index in [1.165, 1.54) is 55.0 Å². The molecule has 4 heteroatoms. The van der Waals surface area contributed by atoms with E-state index in [9.17, 15) is 0 Å². The van der Waals surface area contributed by atoms with Crippen LogP contribution >= 0.6 is 0 Å². The fourth-order valence-corrected chi connectivity index (χ4v) is 10.5. The van der Waals surface area contributed by atoms with Crippen LogP contribution in [0.1, 0.15) is 39.4 Å². The van der Waals surface area contributed by atoms with E-state index >= 15 is 0 Å². The Balaban J connectivity index is 1.10. The van der Waals surface area contributed by atoms with Gasteiger partial charge in [0.15, 0.2) is 0 Å². The zero-order chi connectivity index (χ0) is 38.7. The van der Waals surface area contributed by atoms with Crippen LogP contribution in [0, 0.1) is 0 Å². The van der Waals surface area contributed by atoms with E-state index in [1.54, 1.807) is 0 Å². The van der Waals surface area contributed by atoms with Crippen LogP contribution in [-0.4, -0.2) is 10.3 Å². The molecular weight excluding hydrogens is 719 g/mol. The normalized spacial score (nSPS) is 15.5. The number of aliphatic imine (C=N–C) groups is 1. The lowest BCUT2D eigenvalue weighted by Gasteiger charge is -2.39. The number of hydrogen-bond acceptors (Lipinski definition) is 3. The fourth-order valence-electron chi connectivity index (χ4n) is 10.5. The quantitative estimate of drug-likeness (QED) is 0.195. The van der Waals surface area contributed by atoms with Gasteiger partial charge in [-0.1, -0.05) is 152 Å². The minimum atomic E-state index is -0.562. The van der Waals surface area contributed by atoms with Crippen molar-refractivity contribution in [3.8, 4) is 28.3 Å². The van der Waals surface area contributed by atoms with Gasteiger partial charge in [-0.15, -0.1) is 0 Å². The molecule has 1 atom stereocenters. The van der Waals surface area contributed by atoms with Crippen molar-refractivity contribution >= 4 is 49.7 Å². The summed E-state index contributed by atoms with van der Waals surface area (Å²) in [6, 6.07) is 72.3. The van der Waals surface area contributed by atoms with Gasteiger partial charge in [-0.05, 0) is 81.7 Å². The smallest absolute Gasteiger partial charge is 0.132 e. The van der Waals surface area contributed by atoms with Crippen molar-refractivity contribution in [2.75, 3.05) is 5.32 Å². The van der Waals surface area contributed by atoms with Crippen molar-refractivity contribution in [2.45, 2.75) is 11.5 Å². The molecule has 1 aromatic heterocycles. The first-order valence-corrected chi connectivity index (χ1v) is 20.3. The van der Waals surface area contributed by atoms with Crippen LogP contribution in [0.2, 0.25) is 0 Å². The lowest BCUT2D eigenvalue weighted by atomic mass is 9.66. The number of para-hydroxylation sites is 5. The molecule has 0 bridgehead atoms. The van der Waals surface area contributed by atoms with Gasteiger partial charge in [-0.3, -0.25) is 0 Å². The van der Waals surface area contributed by atoms with Crippen molar-refractivity contribution < 1.29 is 4.74 Å². The van der Waals surface area contributed by atoms with Gasteiger partial charge in [0.2, 0.25) is 0 Å². The van der Waals surface area contributed by atoms with Gasteiger partial charge in [0.25, 0.3) is 0 Å². The zero-order valence-corrected chi connectivity index (χ0v) is 31.9. The lowest BCUT2D eigenvalue weighted by Crippen LogP contribution is -2.32. The number of benzene rings is 9. The number of hydrogen-bond donors (Lipinski definition) is 1. The predicted octanol–water partition coefficient (Wildman–Crippen LogP) is 13.7. The molecule has 59 heavy (non-hydrogen) atoms. The molecule has 3 aliphatic rings. The topological polar surface area (TPSA) is 38.5 Å². The first-order valence-electron chi connectivity index (χ1n) is 20.3. The van der Waals surface area contributed by atoms with Gasteiger partial charge >= 0.3 is 0 Å². The second-order valence-electron chi connectivity index (χ2n) is 15.8. The van der Waals surface area contributed by atoms with Crippen LogP contribution in [0.25, 0.3) is 49.4 Å². The van der Waals surface area contributed by atoms with Crippen molar-refractivity contribution in [3.05, 3.63) is 234 Å². The highest BCUT2D eigenvalue weighted by molar-refractivity contribution is 6.19. The summed E-state index contributed by atoms with van der Waals surface area (Å²) in [6.07, 6.45) is 0. The summed E-state index contributed by atoms with van der Waals surface area (Å²) < 4.78 is 9.16. The molecule has 1 N–H and O–H groups in total. The van der Waals surface area contributed by atoms with Gasteiger partial charge in [0.05, 0.1) is 45.3 Å². The van der Waals surface area contributed by atoms with Crippen molar-refractivity contribution in [2.24, 2.45) is 4.99 Å². The number of anilines is 1. The van der Waals surface area contributed by atoms with Gasteiger partial charge < -0.3 is 14.6 Å². The monoisotopic (exact) mass is 753 g/mol.